The van der Waals surface area contributed by atoms with Gasteiger partial charge in [0.05, 0.1) is 11.4 Å². The molecule has 0 aliphatic rings. The van der Waals surface area contributed by atoms with Crippen molar-refractivity contribution in [2.24, 2.45) is 5.92 Å². The predicted octanol–water partition coefficient (Wildman–Crippen LogP) is 4.36. The van der Waals surface area contributed by atoms with Crippen molar-refractivity contribution in [2.45, 2.75) is 45.0 Å². The molecule has 2 heterocycles. The molecule has 0 atom stereocenters. The van der Waals surface area contributed by atoms with Gasteiger partial charge in [0.2, 0.25) is 5.89 Å². The molecule has 6 heteroatoms. The molecule has 1 aromatic carbocycles. The molecule has 5 nitrogen and oxygen atoms in total. The van der Waals surface area contributed by atoms with Crippen LogP contribution in [0.25, 0.3) is 5.69 Å². The second kappa shape index (κ2) is 7.21. The Morgan fingerprint density at radius 2 is 2.08 bits per heavy atom. The SMILES string of the molecule is Cc1cccc(-n2ccnc2SCc2nc(CC(C)C)no2)c1C. The Kier molecular flexibility index (Phi) is 5.04. The minimum absolute atomic E-state index is 0.520. The zero-order valence-corrected chi connectivity index (χ0v) is 15.3. The maximum Gasteiger partial charge on any atom is 0.237 e. The molecule has 2 aromatic heterocycles. The summed E-state index contributed by atoms with van der Waals surface area (Å²) in [6.07, 6.45) is 4.65. The van der Waals surface area contributed by atoms with Crippen molar-refractivity contribution >= 4 is 11.8 Å². The van der Waals surface area contributed by atoms with Gasteiger partial charge in [0.25, 0.3) is 0 Å². The molecule has 0 radical (unpaired) electrons. The van der Waals surface area contributed by atoms with Crippen LogP contribution in [0, 0.1) is 19.8 Å². The lowest BCUT2D eigenvalue weighted by Gasteiger charge is -2.11. The maximum absolute atomic E-state index is 5.33. The topological polar surface area (TPSA) is 56.7 Å². The average molecular weight is 342 g/mol. The number of aryl methyl sites for hydroxylation is 1. The molecular weight excluding hydrogens is 320 g/mol. The molecule has 0 saturated carbocycles. The van der Waals surface area contributed by atoms with E-state index in [1.54, 1.807) is 11.8 Å². The van der Waals surface area contributed by atoms with Crippen LogP contribution < -0.4 is 0 Å². The first-order valence-electron chi connectivity index (χ1n) is 8.08. The summed E-state index contributed by atoms with van der Waals surface area (Å²) in [6, 6.07) is 6.31. The summed E-state index contributed by atoms with van der Waals surface area (Å²) in [5, 5.41) is 4.96. The minimum Gasteiger partial charge on any atom is -0.338 e. The van der Waals surface area contributed by atoms with Gasteiger partial charge in [0.1, 0.15) is 0 Å². The molecule has 0 aliphatic carbocycles. The number of aromatic nitrogens is 4. The molecular formula is C18H22N4OS. The molecule has 0 bridgehead atoms. The number of nitrogens with zero attached hydrogens (tertiary/aromatic N) is 4. The number of imidazole rings is 1. The molecule has 0 amide bonds. The number of thioether (sulfide) groups is 1. The van der Waals surface area contributed by atoms with Crippen molar-refractivity contribution in [3.05, 3.63) is 53.4 Å². The predicted molar refractivity (Wildman–Crippen MR) is 95.4 cm³/mol. The molecule has 0 N–H and O–H groups in total. The molecule has 3 rings (SSSR count). The van der Waals surface area contributed by atoms with Crippen LogP contribution in [0.4, 0.5) is 0 Å². The van der Waals surface area contributed by atoms with Crippen molar-refractivity contribution in [1.82, 2.24) is 19.7 Å². The Morgan fingerprint density at radius 1 is 1.25 bits per heavy atom. The minimum atomic E-state index is 0.520. The van der Waals surface area contributed by atoms with E-state index in [0.717, 1.165) is 23.1 Å². The van der Waals surface area contributed by atoms with Gasteiger partial charge in [-0.15, -0.1) is 0 Å². The maximum atomic E-state index is 5.33. The molecule has 0 spiro atoms. The first kappa shape index (κ1) is 16.8. The number of rotatable bonds is 6. The normalized spacial score (nSPS) is 11.4. The Hall–Kier alpha value is -2.08. The van der Waals surface area contributed by atoms with Crippen LogP contribution in [0.15, 0.2) is 40.3 Å². The third-order valence-electron chi connectivity index (χ3n) is 3.87. The lowest BCUT2D eigenvalue weighted by Crippen LogP contribution is -1.99. The highest BCUT2D eigenvalue weighted by Crippen LogP contribution is 2.26. The fourth-order valence-corrected chi connectivity index (χ4v) is 3.30. The van der Waals surface area contributed by atoms with Crippen molar-refractivity contribution < 1.29 is 4.52 Å². The molecule has 3 aromatic rings. The fourth-order valence-electron chi connectivity index (χ4n) is 2.50. The number of benzene rings is 1. The highest BCUT2D eigenvalue weighted by Gasteiger charge is 2.12. The van der Waals surface area contributed by atoms with Crippen molar-refractivity contribution in [1.29, 1.82) is 0 Å². The largest absolute Gasteiger partial charge is 0.338 e. The van der Waals surface area contributed by atoms with Gasteiger partial charge in [-0.25, -0.2) is 4.98 Å². The lowest BCUT2D eigenvalue weighted by molar-refractivity contribution is 0.382. The van der Waals surface area contributed by atoms with Gasteiger partial charge in [-0.2, -0.15) is 4.98 Å². The molecule has 24 heavy (non-hydrogen) atoms. The van der Waals surface area contributed by atoms with E-state index in [2.05, 4.69) is 65.6 Å². The molecule has 126 valence electrons. The number of hydrogen-bond acceptors (Lipinski definition) is 5. The second-order valence-electron chi connectivity index (χ2n) is 6.29. The van der Waals surface area contributed by atoms with Crippen LogP contribution in [0.5, 0.6) is 0 Å². The van der Waals surface area contributed by atoms with Crippen molar-refractivity contribution in [3.63, 3.8) is 0 Å². The van der Waals surface area contributed by atoms with Gasteiger partial charge in [0, 0.05) is 18.8 Å². The lowest BCUT2D eigenvalue weighted by atomic mass is 10.1. The van der Waals surface area contributed by atoms with E-state index in [4.69, 9.17) is 4.52 Å². The van der Waals surface area contributed by atoms with E-state index >= 15 is 0 Å². The summed E-state index contributed by atoms with van der Waals surface area (Å²) in [5.74, 6) is 2.56. The third kappa shape index (κ3) is 3.70. The summed E-state index contributed by atoms with van der Waals surface area (Å²) >= 11 is 1.60. The van der Waals surface area contributed by atoms with Gasteiger partial charge < -0.3 is 4.52 Å². The summed E-state index contributed by atoms with van der Waals surface area (Å²) in [5.41, 5.74) is 3.68. The van der Waals surface area contributed by atoms with E-state index < -0.39 is 0 Å². The fraction of sp³-hybridized carbons (Fsp3) is 0.389. The molecule has 0 aliphatic heterocycles. The smallest absolute Gasteiger partial charge is 0.237 e. The first-order valence-corrected chi connectivity index (χ1v) is 9.07. The monoisotopic (exact) mass is 342 g/mol. The van der Waals surface area contributed by atoms with Crippen LogP contribution >= 0.6 is 11.8 Å². The van der Waals surface area contributed by atoms with E-state index in [1.807, 2.05) is 12.4 Å². The molecule has 0 unspecified atom stereocenters. The average Bonchev–Trinajstić information content (AvgIpc) is 3.16. The summed E-state index contributed by atoms with van der Waals surface area (Å²) < 4.78 is 7.44. The molecule has 0 fully saturated rings. The van der Waals surface area contributed by atoms with Crippen LogP contribution in [0.2, 0.25) is 0 Å². The second-order valence-corrected chi connectivity index (χ2v) is 7.23. The summed E-state index contributed by atoms with van der Waals surface area (Å²) in [4.78, 5) is 8.92. The Bertz CT molecular complexity index is 822. The van der Waals surface area contributed by atoms with E-state index in [-0.39, 0.29) is 0 Å². The zero-order valence-electron chi connectivity index (χ0n) is 14.5. The van der Waals surface area contributed by atoms with E-state index in [9.17, 15) is 0 Å². The molecule has 0 saturated heterocycles. The van der Waals surface area contributed by atoms with E-state index in [1.165, 1.54) is 11.1 Å². The van der Waals surface area contributed by atoms with Gasteiger partial charge in [-0.1, -0.05) is 42.9 Å². The Morgan fingerprint density at radius 3 is 2.88 bits per heavy atom. The Balaban J connectivity index is 1.74. The highest BCUT2D eigenvalue weighted by atomic mass is 32.2. The Labute approximate surface area is 146 Å². The van der Waals surface area contributed by atoms with Crippen molar-refractivity contribution in [2.75, 3.05) is 0 Å². The van der Waals surface area contributed by atoms with Gasteiger partial charge in [-0.05, 0) is 37.0 Å². The number of hydrogen-bond donors (Lipinski definition) is 0. The summed E-state index contributed by atoms with van der Waals surface area (Å²) in [7, 11) is 0. The van der Waals surface area contributed by atoms with Crippen LogP contribution in [-0.4, -0.2) is 19.7 Å². The quantitative estimate of drug-likeness (QED) is 0.623. The van der Waals surface area contributed by atoms with Gasteiger partial charge >= 0.3 is 0 Å². The van der Waals surface area contributed by atoms with Crippen molar-refractivity contribution in [3.8, 4) is 5.69 Å². The van der Waals surface area contributed by atoms with Crippen LogP contribution in [0.3, 0.4) is 0 Å². The van der Waals surface area contributed by atoms with Crippen LogP contribution in [-0.2, 0) is 12.2 Å². The van der Waals surface area contributed by atoms with Gasteiger partial charge in [-0.3, -0.25) is 4.57 Å². The summed E-state index contributed by atoms with van der Waals surface area (Å²) in [6.45, 7) is 8.55. The first-order chi connectivity index (χ1) is 11.5. The highest BCUT2D eigenvalue weighted by molar-refractivity contribution is 7.98. The standard InChI is InChI=1S/C18H22N4OS/c1-12(2)10-16-20-17(23-21-16)11-24-18-19-8-9-22(18)15-7-5-6-13(3)14(15)4/h5-9,12H,10-11H2,1-4H3. The zero-order chi connectivity index (χ0) is 17.1. The van der Waals surface area contributed by atoms with Gasteiger partial charge in [0.15, 0.2) is 11.0 Å². The third-order valence-corrected chi connectivity index (χ3v) is 4.82. The van der Waals surface area contributed by atoms with Crippen LogP contribution in [0.1, 0.15) is 36.7 Å². The van der Waals surface area contributed by atoms with E-state index in [0.29, 0.717) is 17.6 Å².